The van der Waals surface area contributed by atoms with E-state index in [-0.39, 0.29) is 0 Å². The monoisotopic (exact) mass is 258 g/mol. The Bertz CT molecular complexity index is 356. The summed E-state index contributed by atoms with van der Waals surface area (Å²) in [6.07, 6.45) is -8.43. The molecule has 0 unspecified atom stereocenters. The molecule has 0 spiro atoms. The fraction of sp³-hybridized carbons (Fsp3) is 0.700. The van der Waals surface area contributed by atoms with Gasteiger partial charge in [-0.2, -0.15) is 13.2 Å². The summed E-state index contributed by atoms with van der Waals surface area (Å²) in [4.78, 5) is 10.7. The second kappa shape index (κ2) is 3.96. The van der Waals surface area contributed by atoms with Crippen molar-refractivity contribution in [1.82, 2.24) is 0 Å². The number of halogens is 5. The molecule has 0 aromatic carbocycles. The third-order valence-corrected chi connectivity index (χ3v) is 3.10. The minimum Gasteiger partial charge on any atom is -0.481 e. The molecule has 0 saturated heterocycles. The molecule has 1 saturated carbocycles. The van der Waals surface area contributed by atoms with Crippen molar-refractivity contribution >= 4 is 5.97 Å². The lowest BCUT2D eigenvalue weighted by atomic mass is 10.1. The highest BCUT2D eigenvalue weighted by molar-refractivity contribution is 5.76. The van der Waals surface area contributed by atoms with Crippen LogP contribution in [0.4, 0.5) is 22.0 Å². The van der Waals surface area contributed by atoms with Gasteiger partial charge in [0.2, 0.25) is 0 Å². The lowest BCUT2D eigenvalue weighted by molar-refractivity contribution is -0.139. The lowest BCUT2D eigenvalue weighted by Gasteiger charge is -2.10. The van der Waals surface area contributed by atoms with Gasteiger partial charge in [-0.25, -0.2) is 8.78 Å². The van der Waals surface area contributed by atoms with E-state index in [2.05, 4.69) is 0 Å². The van der Waals surface area contributed by atoms with Crippen molar-refractivity contribution in [3.63, 3.8) is 0 Å². The molecular formula is C10H11F5O2. The Hall–Kier alpha value is -1.14. The zero-order chi connectivity index (χ0) is 13.6. The summed E-state index contributed by atoms with van der Waals surface area (Å²) in [6.45, 7) is 2.87. The Labute approximate surface area is 94.1 Å². The van der Waals surface area contributed by atoms with Crippen molar-refractivity contribution in [1.29, 1.82) is 0 Å². The predicted molar refractivity (Wildman–Crippen MR) is 48.5 cm³/mol. The van der Waals surface area contributed by atoms with Crippen LogP contribution >= 0.6 is 0 Å². The van der Waals surface area contributed by atoms with E-state index >= 15 is 0 Å². The van der Waals surface area contributed by atoms with Crippen molar-refractivity contribution < 1.29 is 31.9 Å². The first-order valence-electron chi connectivity index (χ1n) is 4.79. The number of carboxylic acids is 1. The minimum atomic E-state index is -5.13. The van der Waals surface area contributed by atoms with Gasteiger partial charge in [0.1, 0.15) is 0 Å². The van der Waals surface area contributed by atoms with Gasteiger partial charge < -0.3 is 5.11 Å². The van der Waals surface area contributed by atoms with Crippen LogP contribution < -0.4 is 0 Å². The van der Waals surface area contributed by atoms with Gasteiger partial charge in [0, 0.05) is 0 Å². The summed E-state index contributed by atoms with van der Waals surface area (Å²) in [5.41, 5.74) is -2.88. The van der Waals surface area contributed by atoms with Crippen LogP contribution in [0.15, 0.2) is 11.6 Å². The molecule has 2 nitrogen and oxygen atoms in total. The highest BCUT2D eigenvalue weighted by Crippen LogP contribution is 2.60. The van der Waals surface area contributed by atoms with Crippen molar-refractivity contribution in [2.75, 3.05) is 0 Å². The van der Waals surface area contributed by atoms with Gasteiger partial charge in [-0.1, -0.05) is 19.9 Å². The normalized spacial score (nSPS) is 28.4. The summed E-state index contributed by atoms with van der Waals surface area (Å²) >= 11 is 0. The van der Waals surface area contributed by atoms with Crippen LogP contribution in [0.25, 0.3) is 0 Å². The smallest absolute Gasteiger partial charge is 0.417 e. The van der Waals surface area contributed by atoms with Crippen molar-refractivity contribution in [3.8, 4) is 0 Å². The number of carboxylic acid groups (broad SMARTS) is 1. The fourth-order valence-electron chi connectivity index (χ4n) is 1.94. The molecule has 0 radical (unpaired) electrons. The number of allylic oxidation sites excluding steroid dienone is 2. The van der Waals surface area contributed by atoms with E-state index in [0.29, 0.717) is 6.08 Å². The minimum absolute atomic E-state index is 0.351. The molecule has 1 N–H and O–H groups in total. The van der Waals surface area contributed by atoms with Gasteiger partial charge in [0.15, 0.2) is 0 Å². The molecule has 1 rings (SSSR count). The van der Waals surface area contributed by atoms with Crippen LogP contribution in [0.3, 0.4) is 0 Å². The van der Waals surface area contributed by atoms with E-state index in [1.807, 2.05) is 0 Å². The zero-order valence-corrected chi connectivity index (χ0v) is 9.05. The van der Waals surface area contributed by atoms with Crippen LogP contribution in [-0.4, -0.2) is 23.7 Å². The molecule has 2 atom stereocenters. The molecule has 1 aliphatic carbocycles. The quantitative estimate of drug-likeness (QED) is 0.624. The molecule has 0 aliphatic heterocycles. The summed E-state index contributed by atoms with van der Waals surface area (Å²) in [6, 6.07) is 0. The molecule has 0 bridgehead atoms. The molecule has 1 fully saturated rings. The molecule has 0 aromatic heterocycles. The predicted octanol–water partition coefficient (Wildman–Crippen LogP) is 3.10. The summed E-state index contributed by atoms with van der Waals surface area (Å²) in [5, 5.41) is 8.72. The average molecular weight is 258 g/mol. The topological polar surface area (TPSA) is 37.3 Å². The first-order valence-corrected chi connectivity index (χ1v) is 4.79. The van der Waals surface area contributed by atoms with Crippen LogP contribution in [0.1, 0.15) is 13.8 Å². The van der Waals surface area contributed by atoms with Gasteiger partial charge >= 0.3 is 12.1 Å². The third kappa shape index (κ3) is 2.58. The fourth-order valence-corrected chi connectivity index (χ4v) is 1.94. The lowest BCUT2D eigenvalue weighted by Crippen LogP contribution is -2.19. The maximum absolute atomic E-state index is 12.2. The van der Waals surface area contributed by atoms with E-state index in [9.17, 15) is 26.7 Å². The molecule has 1 aliphatic rings. The molecule has 0 heterocycles. The molecular weight excluding hydrogens is 247 g/mol. The van der Waals surface area contributed by atoms with E-state index in [1.165, 1.54) is 13.8 Å². The zero-order valence-electron chi connectivity index (χ0n) is 9.05. The van der Waals surface area contributed by atoms with Crippen LogP contribution in [0.5, 0.6) is 0 Å². The number of alkyl halides is 5. The number of hydrogen-bond acceptors (Lipinski definition) is 1. The summed E-state index contributed by atoms with van der Waals surface area (Å²) < 4.78 is 61.2. The maximum Gasteiger partial charge on any atom is 0.417 e. The van der Waals surface area contributed by atoms with E-state index in [0.717, 1.165) is 0 Å². The number of aliphatic carboxylic acids is 1. The molecule has 0 amide bonds. The van der Waals surface area contributed by atoms with E-state index in [4.69, 9.17) is 5.11 Å². The van der Waals surface area contributed by atoms with Crippen LogP contribution in [-0.2, 0) is 4.79 Å². The number of rotatable bonds is 3. The number of hydrogen-bond donors (Lipinski definition) is 1. The largest absolute Gasteiger partial charge is 0.481 e. The number of carbonyl (C=O) groups is 1. The SMILES string of the molecule is CC1(C)[C@H](C=C(C(F)F)C(F)(F)F)[C@H]1C(=O)O. The Morgan fingerprint density at radius 2 is 1.82 bits per heavy atom. The van der Waals surface area contributed by atoms with Gasteiger partial charge in [0.25, 0.3) is 6.43 Å². The van der Waals surface area contributed by atoms with E-state index in [1.54, 1.807) is 0 Å². The Morgan fingerprint density at radius 1 is 1.35 bits per heavy atom. The third-order valence-electron chi connectivity index (χ3n) is 3.10. The maximum atomic E-state index is 12.2. The molecule has 17 heavy (non-hydrogen) atoms. The van der Waals surface area contributed by atoms with Gasteiger partial charge in [-0.05, 0) is 11.3 Å². The van der Waals surface area contributed by atoms with Crippen LogP contribution in [0.2, 0.25) is 0 Å². The van der Waals surface area contributed by atoms with Gasteiger partial charge in [-0.3, -0.25) is 4.79 Å². The average Bonchev–Trinajstić information content (AvgIpc) is 2.60. The second-order valence-corrected chi connectivity index (χ2v) is 4.58. The van der Waals surface area contributed by atoms with Crippen molar-refractivity contribution in [2.45, 2.75) is 26.4 Å². The molecule has 7 heteroatoms. The Kier molecular flexibility index (Phi) is 3.24. The molecule has 98 valence electrons. The first-order chi connectivity index (χ1) is 7.49. The first kappa shape index (κ1) is 13.9. The van der Waals surface area contributed by atoms with Crippen molar-refractivity contribution in [3.05, 3.63) is 11.6 Å². The standard InChI is InChI=1S/C10H11F5O2/c1-9(2)4(6(9)8(16)17)3-5(7(11)12)10(13,14)15/h3-4,6-7H,1-2H3,(H,16,17)/t4-,6+/m1/s1. The molecule has 0 aromatic rings. The summed E-state index contributed by atoms with van der Waals surface area (Å²) in [7, 11) is 0. The van der Waals surface area contributed by atoms with Crippen molar-refractivity contribution in [2.24, 2.45) is 17.3 Å². The van der Waals surface area contributed by atoms with E-state index < -0.39 is 41.4 Å². The Balaban J connectivity index is 2.99. The van der Waals surface area contributed by atoms with Gasteiger partial charge in [0.05, 0.1) is 11.5 Å². The van der Waals surface area contributed by atoms with Gasteiger partial charge in [-0.15, -0.1) is 0 Å². The highest BCUT2D eigenvalue weighted by Gasteiger charge is 2.62. The van der Waals surface area contributed by atoms with Crippen LogP contribution in [0, 0.1) is 17.3 Å². The Morgan fingerprint density at radius 3 is 2.06 bits per heavy atom. The summed E-state index contributed by atoms with van der Waals surface area (Å²) in [5.74, 6) is -3.32. The highest BCUT2D eigenvalue weighted by atomic mass is 19.4. The second-order valence-electron chi connectivity index (χ2n) is 4.58.